The number of nitrogens with zero attached hydrogens (tertiary/aromatic N) is 1. The average Bonchev–Trinajstić information content (AvgIpc) is 2.31. The molecule has 0 unspecified atom stereocenters. The van der Waals surface area contributed by atoms with Gasteiger partial charge in [0, 0.05) is 19.6 Å². The molecule has 0 radical (unpaired) electrons. The van der Waals surface area contributed by atoms with Crippen molar-refractivity contribution in [2.45, 2.75) is 19.4 Å². The lowest BCUT2D eigenvalue weighted by atomic mass is 10.3. The molecule has 1 atom stereocenters. The third kappa shape index (κ3) is 2.12. The van der Waals surface area contributed by atoms with Crippen LogP contribution in [0.3, 0.4) is 0 Å². The Hall–Kier alpha value is -0.340. The number of β-amino-alcohol motifs (C(OH)–C–C–N with tert-alkyl or cyclic N) is 1. The van der Waals surface area contributed by atoms with Crippen LogP contribution >= 0.6 is 0 Å². The van der Waals surface area contributed by atoms with Gasteiger partial charge in [0.2, 0.25) is 0 Å². The average molecular weight is 141 g/mol. The summed E-state index contributed by atoms with van der Waals surface area (Å²) in [7, 11) is 0. The van der Waals surface area contributed by atoms with E-state index in [2.05, 4.69) is 11.0 Å². The lowest BCUT2D eigenvalue weighted by Crippen LogP contribution is -2.21. The number of rotatable bonds is 2. The largest absolute Gasteiger partial charge is 0.392 e. The Labute approximate surface area is 62.2 Å². The maximum Gasteiger partial charge on any atom is 0.0679 e. The van der Waals surface area contributed by atoms with E-state index in [0.29, 0.717) is 0 Å². The van der Waals surface area contributed by atoms with Gasteiger partial charge in [0.05, 0.1) is 6.10 Å². The Morgan fingerprint density at radius 1 is 1.70 bits per heavy atom. The number of aliphatic hydroxyl groups is 1. The number of allylic oxidation sites excluding steroid dienone is 1. The Morgan fingerprint density at radius 2 is 2.50 bits per heavy atom. The molecule has 1 rings (SSSR count). The first kappa shape index (κ1) is 7.76. The maximum absolute atomic E-state index is 9.13. The summed E-state index contributed by atoms with van der Waals surface area (Å²) in [6, 6.07) is 0. The highest BCUT2D eigenvalue weighted by molar-refractivity contribution is 4.84. The van der Waals surface area contributed by atoms with E-state index in [1.165, 1.54) is 0 Å². The van der Waals surface area contributed by atoms with Gasteiger partial charge in [0.25, 0.3) is 0 Å². The monoisotopic (exact) mass is 141 g/mol. The minimum absolute atomic E-state index is 0.0785. The summed E-state index contributed by atoms with van der Waals surface area (Å²) in [5.41, 5.74) is 0. The van der Waals surface area contributed by atoms with Crippen molar-refractivity contribution >= 4 is 0 Å². The smallest absolute Gasteiger partial charge is 0.0679 e. The van der Waals surface area contributed by atoms with Gasteiger partial charge in [-0.1, -0.05) is 12.2 Å². The maximum atomic E-state index is 9.13. The van der Waals surface area contributed by atoms with E-state index in [1.54, 1.807) is 0 Å². The summed E-state index contributed by atoms with van der Waals surface area (Å²) in [5.74, 6) is 0. The lowest BCUT2D eigenvalue weighted by Gasteiger charge is -2.10. The van der Waals surface area contributed by atoms with Gasteiger partial charge < -0.3 is 5.11 Å². The fourth-order valence-corrected chi connectivity index (χ4v) is 1.23. The van der Waals surface area contributed by atoms with Gasteiger partial charge in [-0.2, -0.15) is 0 Å². The van der Waals surface area contributed by atoms with Gasteiger partial charge >= 0.3 is 0 Å². The zero-order chi connectivity index (χ0) is 7.40. The molecule has 0 aromatic heterocycles. The molecule has 0 aromatic rings. The molecule has 2 heteroatoms. The highest BCUT2D eigenvalue weighted by Gasteiger charge is 2.17. The molecule has 1 aliphatic rings. The predicted molar refractivity (Wildman–Crippen MR) is 41.9 cm³/mol. The summed E-state index contributed by atoms with van der Waals surface area (Å²) in [6.45, 7) is 4.91. The zero-order valence-electron chi connectivity index (χ0n) is 6.45. The normalized spacial score (nSPS) is 28.4. The molecule has 1 aliphatic heterocycles. The molecule has 0 saturated carbocycles. The van der Waals surface area contributed by atoms with Gasteiger partial charge in [-0.15, -0.1) is 0 Å². The quantitative estimate of drug-likeness (QED) is 0.570. The summed E-state index contributed by atoms with van der Waals surface area (Å²) >= 11 is 0. The summed E-state index contributed by atoms with van der Waals surface area (Å²) in [6.07, 6.45) is 5.03. The summed E-state index contributed by atoms with van der Waals surface area (Å²) < 4.78 is 0. The van der Waals surface area contributed by atoms with Crippen LogP contribution in [0.25, 0.3) is 0 Å². The minimum Gasteiger partial charge on any atom is -0.392 e. The molecule has 0 aromatic carbocycles. The molecule has 0 bridgehead atoms. The number of hydrogen-bond donors (Lipinski definition) is 1. The van der Waals surface area contributed by atoms with Crippen molar-refractivity contribution in [1.29, 1.82) is 0 Å². The van der Waals surface area contributed by atoms with E-state index in [9.17, 15) is 0 Å². The molecule has 2 nitrogen and oxygen atoms in total. The van der Waals surface area contributed by atoms with E-state index in [0.717, 1.165) is 26.1 Å². The fourth-order valence-electron chi connectivity index (χ4n) is 1.23. The minimum atomic E-state index is -0.0785. The highest BCUT2D eigenvalue weighted by Crippen LogP contribution is 2.07. The van der Waals surface area contributed by atoms with Crippen LogP contribution in [0.5, 0.6) is 0 Å². The van der Waals surface area contributed by atoms with Crippen LogP contribution in [0.15, 0.2) is 12.2 Å². The van der Waals surface area contributed by atoms with Crippen LogP contribution in [0.1, 0.15) is 13.3 Å². The first-order valence-corrected chi connectivity index (χ1v) is 3.84. The second kappa shape index (κ2) is 3.74. The van der Waals surface area contributed by atoms with Crippen LogP contribution in [-0.4, -0.2) is 35.7 Å². The lowest BCUT2D eigenvalue weighted by molar-refractivity contribution is 0.179. The molecular formula is C8H15NO. The molecule has 1 heterocycles. The van der Waals surface area contributed by atoms with Crippen LogP contribution in [-0.2, 0) is 0 Å². The molecule has 0 amide bonds. The predicted octanol–water partition coefficient (Wildman–Crippen LogP) is 0.629. The highest BCUT2D eigenvalue weighted by atomic mass is 16.3. The third-order valence-corrected chi connectivity index (χ3v) is 1.85. The molecule has 1 N–H and O–H groups in total. The van der Waals surface area contributed by atoms with Gasteiger partial charge in [0.15, 0.2) is 0 Å². The van der Waals surface area contributed by atoms with Crippen LogP contribution in [0.4, 0.5) is 0 Å². The van der Waals surface area contributed by atoms with Gasteiger partial charge in [-0.3, -0.25) is 4.90 Å². The molecule has 1 fully saturated rings. The molecule has 1 saturated heterocycles. The first-order valence-electron chi connectivity index (χ1n) is 3.84. The Morgan fingerprint density at radius 3 is 3.00 bits per heavy atom. The molecule has 0 aliphatic carbocycles. The Bertz CT molecular complexity index is 122. The van der Waals surface area contributed by atoms with Crippen molar-refractivity contribution in [3.8, 4) is 0 Å². The fraction of sp³-hybridized carbons (Fsp3) is 0.750. The zero-order valence-corrected chi connectivity index (χ0v) is 6.45. The molecule has 0 spiro atoms. The van der Waals surface area contributed by atoms with Gasteiger partial charge in [-0.05, 0) is 13.3 Å². The SMILES string of the molecule is CC=CCN1CC[C@H](O)C1. The van der Waals surface area contributed by atoms with Crippen molar-refractivity contribution in [2.75, 3.05) is 19.6 Å². The third-order valence-electron chi connectivity index (χ3n) is 1.85. The molecule has 10 heavy (non-hydrogen) atoms. The second-order valence-electron chi connectivity index (χ2n) is 2.77. The second-order valence-corrected chi connectivity index (χ2v) is 2.77. The van der Waals surface area contributed by atoms with Crippen molar-refractivity contribution in [1.82, 2.24) is 4.90 Å². The van der Waals surface area contributed by atoms with E-state index in [1.807, 2.05) is 13.0 Å². The van der Waals surface area contributed by atoms with Crippen LogP contribution in [0.2, 0.25) is 0 Å². The number of aliphatic hydroxyl groups excluding tert-OH is 1. The van der Waals surface area contributed by atoms with E-state index in [-0.39, 0.29) is 6.10 Å². The first-order chi connectivity index (χ1) is 4.83. The molecule has 58 valence electrons. The van der Waals surface area contributed by atoms with Gasteiger partial charge in [0.1, 0.15) is 0 Å². The molecular weight excluding hydrogens is 126 g/mol. The Kier molecular flexibility index (Phi) is 2.90. The van der Waals surface area contributed by atoms with Crippen molar-refractivity contribution in [3.05, 3.63) is 12.2 Å². The van der Waals surface area contributed by atoms with E-state index in [4.69, 9.17) is 5.11 Å². The number of hydrogen-bond acceptors (Lipinski definition) is 2. The van der Waals surface area contributed by atoms with Crippen LogP contribution < -0.4 is 0 Å². The van der Waals surface area contributed by atoms with E-state index < -0.39 is 0 Å². The standard InChI is InChI=1S/C8H15NO/c1-2-3-5-9-6-4-8(10)7-9/h2-3,8,10H,4-7H2,1H3/t8-/m0/s1. The Balaban J connectivity index is 2.18. The van der Waals surface area contributed by atoms with Gasteiger partial charge in [-0.25, -0.2) is 0 Å². The number of likely N-dealkylation sites (tertiary alicyclic amines) is 1. The summed E-state index contributed by atoms with van der Waals surface area (Å²) in [5, 5.41) is 9.13. The van der Waals surface area contributed by atoms with Crippen molar-refractivity contribution < 1.29 is 5.11 Å². The van der Waals surface area contributed by atoms with E-state index >= 15 is 0 Å². The van der Waals surface area contributed by atoms with Crippen molar-refractivity contribution in [3.63, 3.8) is 0 Å². The summed E-state index contributed by atoms with van der Waals surface area (Å²) in [4.78, 5) is 2.25. The van der Waals surface area contributed by atoms with Crippen LogP contribution in [0, 0.1) is 0 Å². The van der Waals surface area contributed by atoms with Crippen molar-refractivity contribution in [2.24, 2.45) is 0 Å². The topological polar surface area (TPSA) is 23.5 Å².